The minimum Gasteiger partial charge on any atom is -0.465 e. The Labute approximate surface area is 90.9 Å². The van der Waals surface area contributed by atoms with E-state index in [-0.39, 0.29) is 18.4 Å². The van der Waals surface area contributed by atoms with Crippen LogP contribution < -0.4 is 0 Å². The van der Waals surface area contributed by atoms with Gasteiger partial charge in [-0.05, 0) is 12.8 Å². The van der Waals surface area contributed by atoms with Gasteiger partial charge < -0.3 is 9.47 Å². The van der Waals surface area contributed by atoms with Gasteiger partial charge in [-0.3, -0.25) is 9.59 Å². The van der Waals surface area contributed by atoms with Gasteiger partial charge in [0, 0.05) is 33.0 Å². The maximum atomic E-state index is 11.1. The molecule has 0 aliphatic heterocycles. The summed E-state index contributed by atoms with van der Waals surface area (Å²) in [6.07, 6.45) is 2.78. The lowest BCUT2D eigenvalue weighted by Crippen LogP contribution is -2.10. The predicted molar refractivity (Wildman–Crippen MR) is 56.6 cm³/mol. The molecule has 0 N–H and O–H groups in total. The third-order valence-electron chi connectivity index (χ3n) is 1.90. The van der Waals surface area contributed by atoms with Gasteiger partial charge in [-0.1, -0.05) is 6.92 Å². The molecule has 0 atom stereocenters. The van der Waals surface area contributed by atoms with E-state index in [1.54, 1.807) is 7.11 Å². The molecule has 0 amide bonds. The fraction of sp³-hybridized carbons (Fsp3) is 0.818. The van der Waals surface area contributed by atoms with Crippen LogP contribution in [0.1, 0.15) is 39.0 Å². The highest BCUT2D eigenvalue weighted by Crippen LogP contribution is 1.97. The van der Waals surface area contributed by atoms with E-state index < -0.39 is 0 Å². The third kappa shape index (κ3) is 9.41. The molecule has 4 heteroatoms. The Hall–Kier alpha value is -0.900. The van der Waals surface area contributed by atoms with E-state index in [4.69, 9.17) is 9.47 Å². The van der Waals surface area contributed by atoms with E-state index in [9.17, 15) is 9.59 Å². The third-order valence-corrected chi connectivity index (χ3v) is 1.90. The number of ketones is 1. The largest absolute Gasteiger partial charge is 0.465 e. The maximum Gasteiger partial charge on any atom is 0.305 e. The molecule has 88 valence electrons. The van der Waals surface area contributed by atoms with Crippen molar-refractivity contribution in [1.82, 2.24) is 0 Å². The maximum absolute atomic E-state index is 11.1. The first-order valence-corrected chi connectivity index (χ1v) is 5.37. The van der Waals surface area contributed by atoms with Gasteiger partial charge in [0.1, 0.15) is 5.78 Å². The summed E-state index contributed by atoms with van der Waals surface area (Å²) in [5.74, 6) is -0.0986. The topological polar surface area (TPSA) is 52.6 Å². The van der Waals surface area contributed by atoms with Crippen molar-refractivity contribution in [1.29, 1.82) is 0 Å². The summed E-state index contributed by atoms with van der Waals surface area (Å²) in [4.78, 5) is 22.1. The van der Waals surface area contributed by atoms with Gasteiger partial charge in [-0.2, -0.15) is 0 Å². The number of hydrogen-bond acceptors (Lipinski definition) is 4. The monoisotopic (exact) mass is 216 g/mol. The summed E-state index contributed by atoms with van der Waals surface area (Å²) in [5, 5.41) is 0. The molecule has 0 radical (unpaired) electrons. The molecule has 0 aromatic heterocycles. The Balaban J connectivity index is 3.34. The minimum atomic E-state index is -0.253. The average Bonchev–Trinajstić information content (AvgIpc) is 2.18. The van der Waals surface area contributed by atoms with Crippen molar-refractivity contribution in [3.05, 3.63) is 0 Å². The lowest BCUT2D eigenvalue weighted by atomic mass is 10.2. The summed E-state index contributed by atoms with van der Waals surface area (Å²) in [7, 11) is 1.59. The Kier molecular flexibility index (Phi) is 9.07. The number of hydrogen-bond donors (Lipinski definition) is 0. The number of methoxy groups -OCH3 is 1. The van der Waals surface area contributed by atoms with Crippen molar-refractivity contribution >= 4 is 11.8 Å². The van der Waals surface area contributed by atoms with Crippen molar-refractivity contribution in [2.45, 2.75) is 39.0 Å². The van der Waals surface area contributed by atoms with Gasteiger partial charge >= 0.3 is 5.97 Å². The Bertz CT molecular complexity index is 189. The van der Waals surface area contributed by atoms with Crippen molar-refractivity contribution in [3.63, 3.8) is 0 Å². The number of ether oxygens (including phenoxy) is 2. The molecular formula is C11H20O4. The van der Waals surface area contributed by atoms with Crippen LogP contribution in [0.5, 0.6) is 0 Å². The molecule has 0 aliphatic carbocycles. The van der Waals surface area contributed by atoms with Gasteiger partial charge in [-0.15, -0.1) is 0 Å². The van der Waals surface area contributed by atoms with Crippen LogP contribution in [0.2, 0.25) is 0 Å². The van der Waals surface area contributed by atoms with Crippen molar-refractivity contribution in [2.75, 3.05) is 20.3 Å². The number of carbonyl (C=O) groups excluding carboxylic acids is 2. The van der Waals surface area contributed by atoms with Crippen molar-refractivity contribution in [3.8, 4) is 0 Å². The highest BCUT2D eigenvalue weighted by Gasteiger charge is 2.04. The summed E-state index contributed by atoms with van der Waals surface area (Å²) in [6.45, 7) is 2.73. The predicted octanol–water partition coefficient (Wildman–Crippen LogP) is 1.72. The van der Waals surface area contributed by atoms with E-state index >= 15 is 0 Å². The molecule has 4 nitrogen and oxygen atoms in total. The molecule has 0 fully saturated rings. The van der Waals surface area contributed by atoms with Crippen LogP contribution >= 0.6 is 0 Å². The standard InChI is InChI=1S/C11H20O4/c1-3-5-10(12)7-9-15-11(13)6-4-8-14-2/h3-9H2,1-2H3. The van der Waals surface area contributed by atoms with E-state index in [0.29, 0.717) is 32.3 Å². The Morgan fingerprint density at radius 3 is 2.40 bits per heavy atom. The molecule has 0 heterocycles. The Morgan fingerprint density at radius 1 is 1.07 bits per heavy atom. The molecule has 0 aromatic carbocycles. The van der Waals surface area contributed by atoms with Crippen LogP contribution in [0.4, 0.5) is 0 Å². The van der Waals surface area contributed by atoms with Crippen LogP contribution in [0.25, 0.3) is 0 Å². The zero-order chi connectivity index (χ0) is 11.5. The summed E-state index contributed by atoms with van der Waals surface area (Å²) >= 11 is 0. The molecular weight excluding hydrogens is 196 g/mol. The number of rotatable bonds is 9. The molecule has 0 unspecified atom stereocenters. The molecule has 0 aromatic rings. The van der Waals surface area contributed by atoms with Gasteiger partial charge in [0.15, 0.2) is 0 Å². The van der Waals surface area contributed by atoms with Crippen LogP contribution in [-0.2, 0) is 19.1 Å². The van der Waals surface area contributed by atoms with Gasteiger partial charge in [0.05, 0.1) is 6.61 Å². The highest BCUT2D eigenvalue weighted by atomic mass is 16.5. The number of carbonyl (C=O) groups is 2. The van der Waals surface area contributed by atoms with Crippen LogP contribution in [0, 0.1) is 0 Å². The normalized spacial score (nSPS) is 10.0. The summed E-state index contributed by atoms with van der Waals surface area (Å²) in [6, 6.07) is 0. The smallest absolute Gasteiger partial charge is 0.305 e. The fourth-order valence-corrected chi connectivity index (χ4v) is 1.12. The van der Waals surface area contributed by atoms with Gasteiger partial charge in [-0.25, -0.2) is 0 Å². The fourth-order valence-electron chi connectivity index (χ4n) is 1.12. The zero-order valence-electron chi connectivity index (χ0n) is 9.58. The lowest BCUT2D eigenvalue weighted by molar-refractivity contribution is -0.144. The average molecular weight is 216 g/mol. The van der Waals surface area contributed by atoms with E-state index in [1.807, 2.05) is 6.92 Å². The van der Waals surface area contributed by atoms with Crippen molar-refractivity contribution in [2.24, 2.45) is 0 Å². The second-order valence-electron chi connectivity index (χ2n) is 3.36. The SMILES string of the molecule is CCCC(=O)CCOC(=O)CCCOC. The van der Waals surface area contributed by atoms with Crippen molar-refractivity contribution < 1.29 is 19.1 Å². The quantitative estimate of drug-likeness (QED) is 0.435. The number of Topliss-reactive ketones (excluding diaryl/α,β-unsaturated/α-hetero) is 1. The Morgan fingerprint density at radius 2 is 1.80 bits per heavy atom. The first kappa shape index (κ1) is 14.1. The minimum absolute atomic E-state index is 0.155. The van der Waals surface area contributed by atoms with Crippen LogP contribution in [-0.4, -0.2) is 32.1 Å². The molecule has 0 rings (SSSR count). The van der Waals surface area contributed by atoms with E-state index in [1.165, 1.54) is 0 Å². The van der Waals surface area contributed by atoms with E-state index in [0.717, 1.165) is 6.42 Å². The van der Waals surface area contributed by atoms with Crippen LogP contribution in [0.3, 0.4) is 0 Å². The molecule has 0 saturated heterocycles. The number of esters is 1. The molecule has 0 saturated carbocycles. The second-order valence-corrected chi connectivity index (χ2v) is 3.36. The summed E-state index contributed by atoms with van der Waals surface area (Å²) in [5.41, 5.74) is 0. The lowest BCUT2D eigenvalue weighted by Gasteiger charge is -2.03. The highest BCUT2D eigenvalue weighted by molar-refractivity contribution is 5.78. The first-order valence-electron chi connectivity index (χ1n) is 5.37. The van der Waals surface area contributed by atoms with Gasteiger partial charge in [0.2, 0.25) is 0 Å². The first-order chi connectivity index (χ1) is 7.20. The van der Waals surface area contributed by atoms with Gasteiger partial charge in [0.25, 0.3) is 0 Å². The molecule has 15 heavy (non-hydrogen) atoms. The molecule has 0 spiro atoms. The second kappa shape index (κ2) is 9.65. The summed E-state index contributed by atoms with van der Waals surface area (Å²) < 4.78 is 9.70. The zero-order valence-corrected chi connectivity index (χ0v) is 9.58. The molecule has 0 bridgehead atoms. The molecule has 0 aliphatic rings. The van der Waals surface area contributed by atoms with Crippen LogP contribution in [0.15, 0.2) is 0 Å². The van der Waals surface area contributed by atoms with E-state index in [2.05, 4.69) is 0 Å².